The second-order valence-electron chi connectivity index (χ2n) is 7.56. The fraction of sp³-hybridized carbons (Fsp3) is 0.304. The Hall–Kier alpha value is -2.18. The summed E-state index contributed by atoms with van der Waals surface area (Å²) in [5.41, 5.74) is 1.63. The van der Waals surface area contributed by atoms with Crippen molar-refractivity contribution in [1.29, 1.82) is 0 Å². The number of nitrogens with zero attached hydrogens (tertiary/aromatic N) is 3. The van der Waals surface area contributed by atoms with Gasteiger partial charge in [-0.3, -0.25) is 19.4 Å². The first-order valence-corrected chi connectivity index (χ1v) is 10.8. The Balaban J connectivity index is 1.34. The van der Waals surface area contributed by atoms with Crippen LogP contribution in [0.5, 0.6) is 0 Å². The van der Waals surface area contributed by atoms with Crippen LogP contribution in [0.4, 0.5) is 5.69 Å². The number of hydrogen-bond donors (Lipinski definition) is 0. The minimum atomic E-state index is -0.419. The van der Waals surface area contributed by atoms with Crippen LogP contribution in [0.25, 0.3) is 6.08 Å². The first-order chi connectivity index (χ1) is 14.5. The van der Waals surface area contributed by atoms with Crippen LogP contribution in [0, 0.1) is 0 Å². The van der Waals surface area contributed by atoms with Crippen molar-refractivity contribution in [3.63, 3.8) is 0 Å². The van der Waals surface area contributed by atoms with E-state index in [1.54, 1.807) is 18.2 Å². The molecule has 2 aromatic rings. The van der Waals surface area contributed by atoms with E-state index in [0.29, 0.717) is 15.7 Å². The molecule has 0 N–H and O–H groups in total. The summed E-state index contributed by atoms with van der Waals surface area (Å²) in [7, 11) is 0. The fourth-order valence-corrected chi connectivity index (χ4v) is 4.51. The highest BCUT2D eigenvalue weighted by atomic mass is 35.5. The molecule has 0 aliphatic carbocycles. The van der Waals surface area contributed by atoms with E-state index in [0.717, 1.165) is 32.7 Å². The van der Waals surface area contributed by atoms with Crippen molar-refractivity contribution < 1.29 is 9.59 Å². The Kier molecular flexibility index (Phi) is 6.54. The van der Waals surface area contributed by atoms with Crippen molar-refractivity contribution in [2.45, 2.75) is 12.5 Å². The van der Waals surface area contributed by atoms with E-state index in [4.69, 9.17) is 23.2 Å². The Morgan fingerprint density at radius 2 is 1.60 bits per heavy atom. The smallest absolute Gasteiger partial charge is 0.251 e. The maximum absolute atomic E-state index is 13.0. The summed E-state index contributed by atoms with van der Waals surface area (Å²) in [6.45, 7) is 4.10. The van der Waals surface area contributed by atoms with Crippen LogP contribution in [0.15, 0.2) is 54.6 Å². The number of piperazine rings is 1. The van der Waals surface area contributed by atoms with Crippen LogP contribution in [-0.2, 0) is 9.59 Å². The molecule has 30 heavy (non-hydrogen) atoms. The lowest BCUT2D eigenvalue weighted by Gasteiger charge is -2.36. The molecule has 2 heterocycles. The molecular weight excluding hydrogens is 421 g/mol. The maximum atomic E-state index is 13.0. The van der Waals surface area contributed by atoms with Gasteiger partial charge in [-0.25, -0.2) is 4.90 Å². The highest BCUT2D eigenvalue weighted by Gasteiger charge is 2.43. The zero-order valence-electron chi connectivity index (χ0n) is 16.5. The van der Waals surface area contributed by atoms with E-state index in [1.165, 1.54) is 10.5 Å². The van der Waals surface area contributed by atoms with Crippen LogP contribution in [-0.4, -0.2) is 60.4 Å². The largest absolute Gasteiger partial charge is 0.297 e. The first kappa shape index (κ1) is 21.1. The Labute approximate surface area is 186 Å². The predicted octanol–water partition coefficient (Wildman–Crippen LogP) is 3.96. The van der Waals surface area contributed by atoms with Crippen molar-refractivity contribution in [3.05, 3.63) is 70.2 Å². The van der Waals surface area contributed by atoms with Crippen LogP contribution in [0.2, 0.25) is 10.0 Å². The van der Waals surface area contributed by atoms with Gasteiger partial charge in [-0.15, -0.1) is 0 Å². The van der Waals surface area contributed by atoms with Gasteiger partial charge in [-0.2, -0.15) is 0 Å². The molecule has 0 spiro atoms. The molecular formula is C23H23Cl2N3O2. The van der Waals surface area contributed by atoms with E-state index in [9.17, 15) is 9.59 Å². The Bertz CT molecular complexity index is 936. The molecule has 4 rings (SSSR count). The van der Waals surface area contributed by atoms with Gasteiger partial charge in [0.15, 0.2) is 0 Å². The second kappa shape index (κ2) is 9.31. The van der Waals surface area contributed by atoms with E-state index < -0.39 is 6.04 Å². The van der Waals surface area contributed by atoms with E-state index in [2.05, 4.69) is 34.1 Å². The van der Waals surface area contributed by atoms with Gasteiger partial charge in [-0.1, -0.05) is 65.7 Å². The summed E-state index contributed by atoms with van der Waals surface area (Å²) in [4.78, 5) is 31.3. The van der Waals surface area contributed by atoms with Gasteiger partial charge in [0.2, 0.25) is 5.91 Å². The lowest BCUT2D eigenvalue weighted by molar-refractivity contribution is -0.123. The van der Waals surface area contributed by atoms with E-state index in [1.807, 2.05) is 18.2 Å². The molecule has 0 unspecified atom stereocenters. The lowest BCUT2D eigenvalue weighted by Crippen LogP contribution is -2.52. The summed E-state index contributed by atoms with van der Waals surface area (Å²) in [5.74, 6) is -0.410. The lowest BCUT2D eigenvalue weighted by atomic mass is 10.1. The standard InChI is InChI=1S/C23H23Cl2N3O2/c24-18-13-19(25)15-20(14-18)28-22(29)16-21(23(28)30)27-11-9-26(10-12-27)8-4-7-17-5-2-1-3-6-17/h1-7,13-15,21H,8-12,16H2/b7-4+/t21-/m1/s1. The number of carbonyl (C=O) groups excluding carboxylic acids is 2. The zero-order valence-corrected chi connectivity index (χ0v) is 18.0. The van der Waals surface area contributed by atoms with Crippen molar-refractivity contribution >= 4 is 46.8 Å². The molecule has 156 valence electrons. The molecule has 2 amide bonds. The number of amides is 2. The highest BCUT2D eigenvalue weighted by Crippen LogP contribution is 2.30. The normalized spacial score (nSPS) is 21.1. The van der Waals surface area contributed by atoms with Gasteiger partial charge < -0.3 is 0 Å². The van der Waals surface area contributed by atoms with Crippen molar-refractivity contribution in [2.75, 3.05) is 37.6 Å². The molecule has 0 bridgehead atoms. The predicted molar refractivity (Wildman–Crippen MR) is 121 cm³/mol. The number of rotatable bonds is 5. The number of hydrogen-bond acceptors (Lipinski definition) is 4. The Morgan fingerprint density at radius 3 is 2.27 bits per heavy atom. The van der Waals surface area contributed by atoms with Crippen LogP contribution in [0.3, 0.4) is 0 Å². The van der Waals surface area contributed by atoms with E-state index in [-0.39, 0.29) is 18.2 Å². The topological polar surface area (TPSA) is 43.9 Å². The molecule has 2 fully saturated rings. The fourth-order valence-electron chi connectivity index (χ4n) is 4.00. The third-order valence-electron chi connectivity index (χ3n) is 5.55. The van der Waals surface area contributed by atoms with Gasteiger partial charge in [0.25, 0.3) is 5.91 Å². The van der Waals surface area contributed by atoms with Crippen molar-refractivity contribution in [1.82, 2.24) is 9.80 Å². The van der Waals surface area contributed by atoms with Crippen molar-refractivity contribution in [2.24, 2.45) is 0 Å². The summed E-state index contributed by atoms with van der Waals surface area (Å²) >= 11 is 12.1. The molecule has 5 nitrogen and oxygen atoms in total. The molecule has 0 radical (unpaired) electrons. The molecule has 2 aliphatic rings. The van der Waals surface area contributed by atoms with Crippen LogP contribution in [0.1, 0.15) is 12.0 Å². The monoisotopic (exact) mass is 443 g/mol. The number of benzene rings is 2. The maximum Gasteiger partial charge on any atom is 0.251 e. The number of imide groups is 1. The molecule has 2 aliphatic heterocycles. The van der Waals surface area contributed by atoms with Gasteiger partial charge in [0.05, 0.1) is 18.2 Å². The third kappa shape index (κ3) is 4.76. The van der Waals surface area contributed by atoms with Crippen LogP contribution >= 0.6 is 23.2 Å². The zero-order chi connectivity index (χ0) is 21.1. The molecule has 1 atom stereocenters. The van der Waals surface area contributed by atoms with Crippen molar-refractivity contribution in [3.8, 4) is 0 Å². The summed E-state index contributed by atoms with van der Waals surface area (Å²) < 4.78 is 0. The molecule has 2 saturated heterocycles. The Morgan fingerprint density at radius 1 is 0.933 bits per heavy atom. The number of carbonyl (C=O) groups is 2. The minimum Gasteiger partial charge on any atom is -0.297 e. The number of halogens is 2. The van der Waals surface area contributed by atoms with Gasteiger partial charge in [0.1, 0.15) is 0 Å². The molecule has 7 heteroatoms. The molecule has 0 aromatic heterocycles. The number of anilines is 1. The SMILES string of the molecule is O=C1C[C@@H](N2CCN(C/C=C/c3ccccc3)CC2)C(=O)N1c1cc(Cl)cc(Cl)c1. The quantitative estimate of drug-likeness (QED) is 0.656. The average Bonchev–Trinajstić information content (AvgIpc) is 3.02. The summed E-state index contributed by atoms with van der Waals surface area (Å²) in [6, 6.07) is 14.6. The molecule has 0 saturated carbocycles. The van der Waals surface area contributed by atoms with Gasteiger partial charge in [-0.05, 0) is 23.8 Å². The average molecular weight is 444 g/mol. The first-order valence-electron chi connectivity index (χ1n) is 10.0. The van der Waals surface area contributed by atoms with Crippen LogP contribution < -0.4 is 4.90 Å². The van der Waals surface area contributed by atoms with Gasteiger partial charge in [0, 0.05) is 42.8 Å². The van der Waals surface area contributed by atoms with Gasteiger partial charge >= 0.3 is 0 Å². The molecule has 2 aromatic carbocycles. The van der Waals surface area contributed by atoms with E-state index >= 15 is 0 Å². The highest BCUT2D eigenvalue weighted by molar-refractivity contribution is 6.35. The summed E-state index contributed by atoms with van der Waals surface area (Å²) in [5, 5.41) is 0.803. The summed E-state index contributed by atoms with van der Waals surface area (Å²) in [6.07, 6.45) is 4.48. The third-order valence-corrected chi connectivity index (χ3v) is 5.99. The minimum absolute atomic E-state index is 0.191. The second-order valence-corrected chi connectivity index (χ2v) is 8.44.